The number of amides is 2. The van der Waals surface area contributed by atoms with Crippen molar-refractivity contribution in [2.75, 3.05) is 13.7 Å². The number of carbonyl (C=O) groups is 3. The monoisotopic (exact) mass is 466 g/mol. The fraction of sp³-hybridized carbons (Fsp3) is 0.143. The van der Waals surface area contributed by atoms with E-state index >= 15 is 0 Å². The first-order valence-electron chi connectivity index (χ1n) is 11.0. The zero-order valence-electron chi connectivity index (χ0n) is 19.3. The summed E-state index contributed by atoms with van der Waals surface area (Å²) in [5, 5.41) is 9.28. The number of hydrogen-bond donors (Lipinski definition) is 0. The highest BCUT2D eigenvalue weighted by Crippen LogP contribution is 2.29. The fourth-order valence-electron chi connectivity index (χ4n) is 3.69. The quantitative estimate of drug-likeness (QED) is 0.300. The van der Waals surface area contributed by atoms with Crippen molar-refractivity contribution in [1.82, 2.24) is 4.90 Å². The number of hydrogen-bond acceptors (Lipinski definition) is 6. The van der Waals surface area contributed by atoms with Gasteiger partial charge in [-0.15, -0.1) is 0 Å². The number of esters is 1. The van der Waals surface area contributed by atoms with E-state index < -0.39 is 17.8 Å². The molecule has 0 spiro atoms. The number of imide groups is 1. The first-order chi connectivity index (χ1) is 16.9. The van der Waals surface area contributed by atoms with Crippen LogP contribution < -0.4 is 0 Å². The second-order valence-corrected chi connectivity index (χ2v) is 7.99. The minimum Gasteiger partial charge on any atom is -0.462 e. The van der Waals surface area contributed by atoms with Gasteiger partial charge in [0.15, 0.2) is 0 Å². The molecule has 0 saturated carbocycles. The van der Waals surface area contributed by atoms with E-state index in [1.807, 2.05) is 36.4 Å². The van der Waals surface area contributed by atoms with Crippen LogP contribution in [0.3, 0.4) is 0 Å². The third-order valence-corrected chi connectivity index (χ3v) is 5.73. The number of rotatable bonds is 6. The summed E-state index contributed by atoms with van der Waals surface area (Å²) >= 11 is 0. The maximum atomic E-state index is 12.6. The van der Waals surface area contributed by atoms with Crippen LogP contribution in [0.15, 0.2) is 87.9 Å². The molecule has 174 valence electrons. The summed E-state index contributed by atoms with van der Waals surface area (Å²) in [7, 11) is 1.34. The van der Waals surface area contributed by atoms with Crippen LogP contribution in [0.2, 0.25) is 0 Å². The molecule has 0 bridgehead atoms. The highest BCUT2D eigenvalue weighted by molar-refractivity contribution is 6.19. The van der Waals surface area contributed by atoms with Gasteiger partial charge in [0.25, 0.3) is 11.8 Å². The van der Waals surface area contributed by atoms with Gasteiger partial charge in [-0.1, -0.05) is 42.5 Å². The maximum Gasteiger partial charge on any atom is 0.338 e. The Labute approximate surface area is 202 Å². The average molecular weight is 466 g/mol. The molecule has 1 aliphatic rings. The van der Waals surface area contributed by atoms with Crippen LogP contribution in [0.4, 0.5) is 0 Å². The van der Waals surface area contributed by atoms with Crippen molar-refractivity contribution in [3.8, 4) is 17.4 Å². The number of benzene rings is 2. The molecule has 1 aromatic heterocycles. The predicted molar refractivity (Wildman–Crippen MR) is 129 cm³/mol. The smallest absolute Gasteiger partial charge is 0.338 e. The Morgan fingerprint density at radius 2 is 1.74 bits per heavy atom. The van der Waals surface area contributed by atoms with Crippen molar-refractivity contribution in [3.05, 3.63) is 100 Å². The lowest BCUT2D eigenvalue weighted by molar-refractivity contribution is -0.138. The van der Waals surface area contributed by atoms with E-state index in [0.29, 0.717) is 35.7 Å². The molecule has 2 heterocycles. The first kappa shape index (κ1) is 23.5. The van der Waals surface area contributed by atoms with Gasteiger partial charge in [-0.05, 0) is 48.4 Å². The summed E-state index contributed by atoms with van der Waals surface area (Å²) in [5.74, 6) is -0.587. The standard InChI is InChI=1S/C28H22N2O5/c1-18-23(26(31)30(2)27(32)24(18)17-29)16-22-12-13-25(35-22)20-8-10-21(11-9-20)28(33)34-15-14-19-6-4-3-5-7-19/h3-13,16H,14-15H2,1-2H3/b23-16+. The zero-order valence-corrected chi connectivity index (χ0v) is 19.3. The van der Waals surface area contributed by atoms with Gasteiger partial charge in [0.2, 0.25) is 0 Å². The Hall–Kier alpha value is -4.70. The molecule has 2 amide bonds. The Morgan fingerprint density at radius 3 is 2.43 bits per heavy atom. The lowest BCUT2D eigenvalue weighted by Gasteiger charge is -2.23. The van der Waals surface area contributed by atoms with Crippen molar-refractivity contribution >= 4 is 23.9 Å². The van der Waals surface area contributed by atoms with E-state index in [9.17, 15) is 19.6 Å². The normalized spacial score (nSPS) is 14.9. The molecule has 2 aromatic carbocycles. The molecule has 35 heavy (non-hydrogen) atoms. The molecular formula is C28H22N2O5. The second-order valence-electron chi connectivity index (χ2n) is 7.99. The third-order valence-electron chi connectivity index (χ3n) is 5.73. The topological polar surface area (TPSA) is 101 Å². The van der Waals surface area contributed by atoms with E-state index in [4.69, 9.17) is 9.15 Å². The molecule has 0 radical (unpaired) electrons. The molecule has 7 heteroatoms. The average Bonchev–Trinajstić information content (AvgIpc) is 3.35. The van der Waals surface area contributed by atoms with Crippen LogP contribution in [0.5, 0.6) is 0 Å². The maximum absolute atomic E-state index is 12.6. The van der Waals surface area contributed by atoms with E-state index in [-0.39, 0.29) is 11.1 Å². The minimum absolute atomic E-state index is 0.0728. The van der Waals surface area contributed by atoms with E-state index in [1.54, 1.807) is 43.3 Å². The third kappa shape index (κ3) is 4.97. The van der Waals surface area contributed by atoms with Crippen molar-refractivity contribution in [2.45, 2.75) is 13.3 Å². The summed E-state index contributed by atoms with van der Waals surface area (Å²) in [4.78, 5) is 37.9. The van der Waals surface area contributed by atoms with Crippen molar-refractivity contribution in [3.63, 3.8) is 0 Å². The summed E-state index contributed by atoms with van der Waals surface area (Å²) < 4.78 is 11.2. The molecule has 0 fully saturated rings. The SMILES string of the molecule is CC1=C(C#N)C(=O)N(C)C(=O)/C1=C/c1ccc(-c2ccc(C(=O)OCCc3ccccc3)cc2)o1. The number of nitriles is 1. The van der Waals surface area contributed by atoms with Crippen LogP contribution in [0.1, 0.15) is 28.6 Å². The van der Waals surface area contributed by atoms with Gasteiger partial charge < -0.3 is 9.15 Å². The molecule has 3 aromatic rings. The minimum atomic E-state index is -0.619. The first-order valence-corrected chi connectivity index (χ1v) is 11.0. The van der Waals surface area contributed by atoms with Gasteiger partial charge >= 0.3 is 5.97 Å². The molecule has 7 nitrogen and oxygen atoms in total. The largest absolute Gasteiger partial charge is 0.462 e. The number of ether oxygens (including phenoxy) is 1. The van der Waals surface area contributed by atoms with E-state index in [2.05, 4.69) is 0 Å². The van der Waals surface area contributed by atoms with E-state index in [0.717, 1.165) is 16.0 Å². The zero-order chi connectivity index (χ0) is 24.9. The Balaban J connectivity index is 1.46. The number of likely N-dealkylation sites (N-methyl/N-ethyl adjacent to an activating group) is 1. The van der Waals surface area contributed by atoms with Crippen LogP contribution in [0.25, 0.3) is 17.4 Å². The summed E-state index contributed by atoms with van der Waals surface area (Å²) in [5.41, 5.74) is 2.73. The Morgan fingerprint density at radius 1 is 1.03 bits per heavy atom. The molecule has 0 aliphatic carbocycles. The van der Waals surface area contributed by atoms with Gasteiger partial charge in [-0.3, -0.25) is 14.5 Å². The number of carbonyl (C=O) groups excluding carboxylic acids is 3. The van der Waals surface area contributed by atoms with Gasteiger partial charge in [0, 0.05) is 24.6 Å². The van der Waals surface area contributed by atoms with Crippen molar-refractivity contribution < 1.29 is 23.5 Å². The Kier molecular flexibility index (Phi) is 6.74. The molecule has 0 N–H and O–H groups in total. The highest BCUT2D eigenvalue weighted by atomic mass is 16.5. The summed E-state index contributed by atoms with van der Waals surface area (Å²) in [6.07, 6.45) is 2.16. The summed E-state index contributed by atoms with van der Waals surface area (Å²) in [6.45, 7) is 1.86. The van der Waals surface area contributed by atoms with Gasteiger partial charge in [-0.25, -0.2) is 4.79 Å². The fourth-order valence-corrected chi connectivity index (χ4v) is 3.69. The molecule has 1 aliphatic heterocycles. The molecule has 0 unspecified atom stereocenters. The van der Waals surface area contributed by atoms with Crippen molar-refractivity contribution in [1.29, 1.82) is 5.26 Å². The molecule has 0 saturated heterocycles. The van der Waals surface area contributed by atoms with Crippen LogP contribution in [0, 0.1) is 11.3 Å². The molecular weight excluding hydrogens is 444 g/mol. The number of furan rings is 1. The van der Waals surface area contributed by atoms with Crippen LogP contribution >= 0.6 is 0 Å². The Bertz CT molecular complexity index is 1390. The predicted octanol–water partition coefficient (Wildman–Crippen LogP) is 4.57. The lowest BCUT2D eigenvalue weighted by atomic mass is 9.95. The van der Waals surface area contributed by atoms with Gasteiger partial charge in [-0.2, -0.15) is 5.26 Å². The number of nitrogens with zero attached hydrogens (tertiary/aromatic N) is 2. The molecule has 4 rings (SSSR count). The summed E-state index contributed by atoms with van der Waals surface area (Å²) in [6, 6.07) is 21.9. The van der Waals surface area contributed by atoms with E-state index in [1.165, 1.54) is 13.1 Å². The van der Waals surface area contributed by atoms with Gasteiger partial charge in [0.05, 0.1) is 12.2 Å². The van der Waals surface area contributed by atoms with Crippen molar-refractivity contribution in [2.24, 2.45) is 0 Å². The van der Waals surface area contributed by atoms with Gasteiger partial charge in [0.1, 0.15) is 23.2 Å². The van der Waals surface area contributed by atoms with Crippen LogP contribution in [-0.4, -0.2) is 36.3 Å². The second kappa shape index (κ2) is 10.1. The highest BCUT2D eigenvalue weighted by Gasteiger charge is 2.33. The van der Waals surface area contributed by atoms with Crippen LogP contribution in [-0.2, 0) is 20.7 Å². The lowest BCUT2D eigenvalue weighted by Crippen LogP contribution is -2.39. The molecule has 0 atom stereocenters.